The van der Waals surface area contributed by atoms with E-state index in [9.17, 15) is 4.79 Å². The van der Waals surface area contributed by atoms with Crippen molar-refractivity contribution in [1.82, 2.24) is 0 Å². The Kier molecular flexibility index (Phi) is 2.86. The molecule has 2 aromatic rings. The Morgan fingerprint density at radius 2 is 1.63 bits per heavy atom. The monoisotopic (exact) mass is 251 g/mol. The molecule has 1 saturated carbocycles. The van der Waals surface area contributed by atoms with E-state index in [4.69, 9.17) is 0 Å². The van der Waals surface area contributed by atoms with Crippen molar-refractivity contribution in [2.75, 3.05) is 5.32 Å². The number of amides is 1. The minimum atomic E-state index is -0.0442. The summed E-state index contributed by atoms with van der Waals surface area (Å²) in [7, 11) is 0. The summed E-state index contributed by atoms with van der Waals surface area (Å²) in [4.78, 5) is 12.2. The number of hydrogen-bond donors (Lipinski definition) is 1. The van der Waals surface area contributed by atoms with Crippen molar-refractivity contribution in [3.05, 3.63) is 65.7 Å². The van der Waals surface area contributed by atoms with E-state index in [1.54, 1.807) is 0 Å². The zero-order valence-corrected chi connectivity index (χ0v) is 11.0. The van der Waals surface area contributed by atoms with Crippen molar-refractivity contribution < 1.29 is 4.79 Å². The molecule has 0 heterocycles. The van der Waals surface area contributed by atoms with E-state index in [-0.39, 0.29) is 11.3 Å². The van der Waals surface area contributed by atoms with Crippen molar-refractivity contribution in [3.63, 3.8) is 0 Å². The van der Waals surface area contributed by atoms with Crippen LogP contribution >= 0.6 is 0 Å². The molecule has 1 N–H and O–H groups in total. The lowest BCUT2D eigenvalue weighted by Gasteiger charge is -2.15. The molecule has 1 aliphatic carbocycles. The van der Waals surface area contributed by atoms with Gasteiger partial charge in [0.2, 0.25) is 0 Å². The SMILES string of the molecule is CC1(c2ccccc2NC(=O)c2ccccc2)CC1. The molecule has 1 fully saturated rings. The molecule has 3 rings (SSSR count). The predicted molar refractivity (Wildman–Crippen MR) is 77.4 cm³/mol. The number of nitrogens with one attached hydrogen (secondary N) is 1. The highest BCUT2D eigenvalue weighted by atomic mass is 16.1. The van der Waals surface area contributed by atoms with Crippen LogP contribution in [-0.2, 0) is 5.41 Å². The molecule has 0 unspecified atom stereocenters. The van der Waals surface area contributed by atoms with Crippen LogP contribution in [0, 0.1) is 0 Å². The van der Waals surface area contributed by atoms with Gasteiger partial charge >= 0.3 is 0 Å². The molecule has 0 bridgehead atoms. The van der Waals surface area contributed by atoms with Gasteiger partial charge in [-0.2, -0.15) is 0 Å². The number of anilines is 1. The van der Waals surface area contributed by atoms with Gasteiger partial charge in [0.15, 0.2) is 0 Å². The first kappa shape index (κ1) is 12.0. The average Bonchev–Trinajstić information content (AvgIpc) is 3.19. The molecule has 19 heavy (non-hydrogen) atoms. The zero-order valence-electron chi connectivity index (χ0n) is 11.0. The van der Waals surface area contributed by atoms with Crippen LogP contribution in [0.1, 0.15) is 35.7 Å². The number of carbonyl (C=O) groups excluding carboxylic acids is 1. The van der Waals surface area contributed by atoms with E-state index >= 15 is 0 Å². The summed E-state index contributed by atoms with van der Waals surface area (Å²) in [6.45, 7) is 2.25. The minimum Gasteiger partial charge on any atom is -0.322 e. The van der Waals surface area contributed by atoms with E-state index in [1.807, 2.05) is 48.5 Å². The maximum Gasteiger partial charge on any atom is 0.255 e. The molecule has 0 saturated heterocycles. The molecule has 2 aromatic carbocycles. The summed E-state index contributed by atoms with van der Waals surface area (Å²) in [5, 5.41) is 3.03. The van der Waals surface area contributed by atoms with Gasteiger partial charge in [0.05, 0.1) is 0 Å². The lowest BCUT2D eigenvalue weighted by Crippen LogP contribution is -2.15. The molecule has 0 aromatic heterocycles. The van der Waals surface area contributed by atoms with Crippen LogP contribution in [-0.4, -0.2) is 5.91 Å². The predicted octanol–water partition coefficient (Wildman–Crippen LogP) is 3.99. The molecule has 2 heteroatoms. The Morgan fingerprint density at radius 1 is 1.00 bits per heavy atom. The quantitative estimate of drug-likeness (QED) is 0.878. The molecule has 1 amide bonds. The number of rotatable bonds is 3. The van der Waals surface area contributed by atoms with Crippen LogP contribution in [0.2, 0.25) is 0 Å². The van der Waals surface area contributed by atoms with E-state index in [0.29, 0.717) is 5.56 Å². The number of para-hydroxylation sites is 1. The summed E-state index contributed by atoms with van der Waals surface area (Å²) < 4.78 is 0. The van der Waals surface area contributed by atoms with Crippen molar-refractivity contribution in [2.45, 2.75) is 25.2 Å². The topological polar surface area (TPSA) is 29.1 Å². The van der Waals surface area contributed by atoms with Gasteiger partial charge in [0, 0.05) is 11.3 Å². The van der Waals surface area contributed by atoms with Gasteiger partial charge in [-0.3, -0.25) is 4.79 Å². The minimum absolute atomic E-state index is 0.0442. The van der Waals surface area contributed by atoms with Crippen LogP contribution in [0.25, 0.3) is 0 Å². The fourth-order valence-corrected chi connectivity index (χ4v) is 2.36. The molecule has 96 valence electrons. The maximum absolute atomic E-state index is 12.2. The first-order valence-electron chi connectivity index (χ1n) is 6.65. The number of carbonyl (C=O) groups is 1. The molecular formula is C17H17NO. The summed E-state index contributed by atoms with van der Waals surface area (Å²) in [5.41, 5.74) is 3.13. The standard InChI is InChI=1S/C17H17NO/c1-17(11-12-17)14-9-5-6-10-15(14)18-16(19)13-7-3-2-4-8-13/h2-10H,11-12H2,1H3,(H,18,19). The lowest BCUT2D eigenvalue weighted by atomic mass is 9.96. The maximum atomic E-state index is 12.2. The third kappa shape index (κ3) is 2.39. The fourth-order valence-electron chi connectivity index (χ4n) is 2.36. The Balaban J connectivity index is 1.86. The Labute approximate surface area is 113 Å². The third-order valence-electron chi connectivity index (χ3n) is 3.86. The Hall–Kier alpha value is -2.09. The smallest absolute Gasteiger partial charge is 0.255 e. The van der Waals surface area contributed by atoms with Crippen molar-refractivity contribution in [2.24, 2.45) is 0 Å². The molecule has 0 radical (unpaired) electrons. The van der Waals surface area contributed by atoms with E-state index in [0.717, 1.165) is 5.69 Å². The van der Waals surface area contributed by atoms with E-state index in [2.05, 4.69) is 18.3 Å². The molecule has 1 aliphatic rings. The third-order valence-corrected chi connectivity index (χ3v) is 3.86. The van der Waals surface area contributed by atoms with Gasteiger partial charge in [-0.05, 0) is 42.0 Å². The second kappa shape index (κ2) is 4.54. The van der Waals surface area contributed by atoms with Crippen LogP contribution in [0.5, 0.6) is 0 Å². The van der Waals surface area contributed by atoms with Gasteiger partial charge in [0.25, 0.3) is 5.91 Å². The summed E-state index contributed by atoms with van der Waals surface area (Å²) in [6.07, 6.45) is 2.40. The molecule has 0 aliphatic heterocycles. The first-order chi connectivity index (χ1) is 9.19. The van der Waals surface area contributed by atoms with Crippen molar-refractivity contribution >= 4 is 11.6 Å². The fraction of sp³-hybridized carbons (Fsp3) is 0.235. The van der Waals surface area contributed by atoms with Gasteiger partial charge < -0.3 is 5.32 Å². The zero-order chi connectivity index (χ0) is 13.3. The van der Waals surface area contributed by atoms with E-state index < -0.39 is 0 Å². The van der Waals surface area contributed by atoms with E-state index in [1.165, 1.54) is 18.4 Å². The first-order valence-corrected chi connectivity index (χ1v) is 6.65. The highest BCUT2D eigenvalue weighted by Gasteiger charge is 2.40. The highest BCUT2D eigenvalue weighted by molar-refractivity contribution is 6.04. The van der Waals surface area contributed by atoms with Crippen LogP contribution in [0.4, 0.5) is 5.69 Å². The molecular weight excluding hydrogens is 234 g/mol. The Morgan fingerprint density at radius 3 is 2.32 bits per heavy atom. The van der Waals surface area contributed by atoms with Gasteiger partial charge in [0.1, 0.15) is 0 Å². The molecule has 2 nitrogen and oxygen atoms in total. The van der Waals surface area contributed by atoms with Gasteiger partial charge in [-0.15, -0.1) is 0 Å². The van der Waals surface area contributed by atoms with Crippen molar-refractivity contribution in [1.29, 1.82) is 0 Å². The van der Waals surface area contributed by atoms with Gasteiger partial charge in [-0.1, -0.05) is 43.3 Å². The van der Waals surface area contributed by atoms with Gasteiger partial charge in [-0.25, -0.2) is 0 Å². The molecule has 0 spiro atoms. The van der Waals surface area contributed by atoms with Crippen LogP contribution < -0.4 is 5.32 Å². The Bertz CT molecular complexity index is 600. The van der Waals surface area contributed by atoms with Crippen LogP contribution in [0.15, 0.2) is 54.6 Å². The summed E-state index contributed by atoms with van der Waals surface area (Å²) >= 11 is 0. The largest absolute Gasteiger partial charge is 0.322 e. The normalized spacial score (nSPS) is 15.8. The number of benzene rings is 2. The number of hydrogen-bond acceptors (Lipinski definition) is 1. The second-order valence-corrected chi connectivity index (χ2v) is 5.43. The van der Waals surface area contributed by atoms with Crippen molar-refractivity contribution in [3.8, 4) is 0 Å². The average molecular weight is 251 g/mol. The lowest BCUT2D eigenvalue weighted by molar-refractivity contribution is 0.102. The second-order valence-electron chi connectivity index (χ2n) is 5.43. The molecule has 0 atom stereocenters. The summed E-state index contributed by atoms with van der Waals surface area (Å²) in [6, 6.07) is 17.4. The summed E-state index contributed by atoms with van der Waals surface area (Å²) in [5.74, 6) is -0.0442. The highest BCUT2D eigenvalue weighted by Crippen LogP contribution is 2.50. The van der Waals surface area contributed by atoms with Crippen LogP contribution in [0.3, 0.4) is 0 Å².